The molecule has 1 aromatic rings. The summed E-state index contributed by atoms with van der Waals surface area (Å²) in [6.45, 7) is 13.5. The van der Waals surface area contributed by atoms with E-state index >= 15 is 0 Å². The van der Waals surface area contributed by atoms with Crippen molar-refractivity contribution in [2.24, 2.45) is 40.4 Å². The van der Waals surface area contributed by atoms with Crippen molar-refractivity contribution < 1.29 is 19.0 Å². The van der Waals surface area contributed by atoms with E-state index in [0.29, 0.717) is 13.0 Å². The van der Waals surface area contributed by atoms with Gasteiger partial charge in [-0.1, -0.05) is 117 Å². The Hall–Kier alpha value is -1.09. The van der Waals surface area contributed by atoms with Gasteiger partial charge in [0.1, 0.15) is 6.61 Å². The van der Waals surface area contributed by atoms with Gasteiger partial charge in [-0.2, -0.15) is 11.8 Å². The number of esters is 1. The van der Waals surface area contributed by atoms with E-state index in [1.54, 1.807) is 0 Å². The van der Waals surface area contributed by atoms with Gasteiger partial charge in [-0.3, -0.25) is 4.79 Å². The number of fused-ring (bicyclic) bond motifs is 2. The number of ether oxygens (including phenoxy) is 3. The van der Waals surface area contributed by atoms with Crippen LogP contribution >= 0.6 is 11.8 Å². The predicted octanol–water partition coefficient (Wildman–Crippen LogP) is 10.6. The summed E-state index contributed by atoms with van der Waals surface area (Å²) in [7, 11) is 0. The van der Waals surface area contributed by atoms with Gasteiger partial charge in [-0.25, -0.2) is 4.98 Å². The molecule has 0 aromatic carbocycles. The van der Waals surface area contributed by atoms with E-state index in [2.05, 4.69) is 41.4 Å². The first kappa shape index (κ1) is 41.5. The molecule has 8 atom stereocenters. The highest BCUT2D eigenvalue weighted by molar-refractivity contribution is 7.99. The molecule has 0 bridgehead atoms. The van der Waals surface area contributed by atoms with Crippen molar-refractivity contribution in [2.45, 2.75) is 168 Å². The van der Waals surface area contributed by atoms with Gasteiger partial charge in [0.2, 0.25) is 0 Å². The van der Waals surface area contributed by atoms with Gasteiger partial charge in [0, 0.05) is 37.7 Å². The van der Waals surface area contributed by atoms with Crippen LogP contribution in [0.1, 0.15) is 156 Å². The zero-order chi connectivity index (χ0) is 37.0. The van der Waals surface area contributed by atoms with Crippen molar-refractivity contribution in [1.29, 1.82) is 0 Å². The van der Waals surface area contributed by atoms with Crippen LogP contribution < -0.4 is 0 Å². The lowest BCUT2D eigenvalue weighted by Crippen LogP contribution is -2.62. The van der Waals surface area contributed by atoms with Gasteiger partial charge in [0.05, 0.1) is 26.0 Å². The Kier molecular flexibility index (Phi) is 16.0. The lowest BCUT2D eigenvalue weighted by molar-refractivity contribution is -0.198. The molecule has 5 aliphatic rings. The number of carbonyl (C=O) groups excluding carboxylic acids is 1. The van der Waals surface area contributed by atoms with Crippen LogP contribution in [0.15, 0.2) is 18.7 Å². The van der Waals surface area contributed by atoms with Crippen LogP contribution in [0, 0.1) is 40.4 Å². The molecule has 53 heavy (non-hydrogen) atoms. The molecule has 8 unspecified atom stereocenters. The highest BCUT2D eigenvalue weighted by atomic mass is 32.2. The fourth-order valence-corrected chi connectivity index (χ4v) is 12.5. The van der Waals surface area contributed by atoms with Crippen LogP contribution in [0.4, 0.5) is 0 Å². The van der Waals surface area contributed by atoms with Crippen LogP contribution in [0.5, 0.6) is 0 Å². The normalized spacial score (nSPS) is 31.1. The molecule has 8 heteroatoms. The summed E-state index contributed by atoms with van der Waals surface area (Å²) in [6, 6.07) is 0. The summed E-state index contributed by atoms with van der Waals surface area (Å²) in [5.41, 5.74) is 1.01. The first-order valence-electron chi connectivity index (χ1n) is 22.7. The first-order valence-corrected chi connectivity index (χ1v) is 23.8. The number of aromatic nitrogens is 2. The smallest absolute Gasteiger partial charge is 0.306 e. The monoisotopic (exact) mass is 756 g/mol. The minimum absolute atomic E-state index is 0.0603. The number of carbonyl (C=O) groups is 1. The quantitative estimate of drug-likeness (QED) is 0.0388. The average molecular weight is 756 g/mol. The van der Waals surface area contributed by atoms with E-state index in [-0.39, 0.29) is 17.2 Å². The van der Waals surface area contributed by atoms with E-state index in [1.165, 1.54) is 108 Å². The highest BCUT2D eigenvalue weighted by Gasteiger charge is 3.07. The second-order valence-corrected chi connectivity index (χ2v) is 19.4. The molecular weight excluding hydrogens is 679 g/mol. The minimum atomic E-state index is -0.336. The molecule has 4 saturated carbocycles. The maximum absolute atomic E-state index is 12.6. The Labute approximate surface area is 328 Å². The first-order chi connectivity index (χ1) is 26.0. The number of rotatable bonds is 35. The zero-order valence-electron chi connectivity index (χ0n) is 34.2. The summed E-state index contributed by atoms with van der Waals surface area (Å²) >= 11 is 2.05. The number of thioether (sulfide) groups is 1. The molecule has 0 amide bonds. The number of unbranched alkanes of at least 4 members (excludes halogenated alkanes) is 16. The maximum Gasteiger partial charge on any atom is 0.306 e. The Morgan fingerprint density at radius 3 is 2.13 bits per heavy atom. The largest absolute Gasteiger partial charge is 0.466 e. The van der Waals surface area contributed by atoms with Crippen molar-refractivity contribution >= 4 is 17.7 Å². The van der Waals surface area contributed by atoms with Gasteiger partial charge in [0.25, 0.3) is 0 Å². The molecule has 7 nitrogen and oxygen atoms in total. The van der Waals surface area contributed by atoms with E-state index in [4.69, 9.17) is 14.2 Å². The summed E-state index contributed by atoms with van der Waals surface area (Å²) in [5, 5.41) is 0. The van der Waals surface area contributed by atoms with Crippen LogP contribution in [-0.2, 0) is 25.5 Å². The molecule has 1 aromatic heterocycles. The topological polar surface area (TPSA) is 69.1 Å². The summed E-state index contributed by atoms with van der Waals surface area (Å²) in [5.74, 6) is 6.62. The van der Waals surface area contributed by atoms with Crippen molar-refractivity contribution in [3.8, 4) is 0 Å². The van der Waals surface area contributed by atoms with Gasteiger partial charge < -0.3 is 23.7 Å². The van der Waals surface area contributed by atoms with E-state index < -0.39 is 0 Å². The van der Waals surface area contributed by atoms with Crippen LogP contribution in [0.25, 0.3) is 0 Å². The molecule has 1 spiro atoms. The van der Waals surface area contributed by atoms with Crippen molar-refractivity contribution in [2.75, 3.05) is 51.0 Å². The third-order valence-electron chi connectivity index (χ3n) is 14.4. The number of aryl methyl sites for hydroxylation is 1. The summed E-state index contributed by atoms with van der Waals surface area (Å²) < 4.78 is 20.1. The third kappa shape index (κ3) is 10.7. The molecule has 6 rings (SSSR count). The van der Waals surface area contributed by atoms with Gasteiger partial charge in [-0.05, 0) is 84.9 Å². The van der Waals surface area contributed by atoms with E-state index in [1.807, 2.05) is 24.3 Å². The van der Waals surface area contributed by atoms with Crippen molar-refractivity contribution in [3.05, 3.63) is 18.7 Å². The molecule has 4 aliphatic carbocycles. The zero-order valence-corrected chi connectivity index (χ0v) is 35.0. The highest BCUT2D eigenvalue weighted by Crippen LogP contribution is 3.10. The van der Waals surface area contributed by atoms with Crippen LogP contribution in [-0.4, -0.2) is 77.2 Å². The Morgan fingerprint density at radius 1 is 0.830 bits per heavy atom. The van der Waals surface area contributed by atoms with Crippen molar-refractivity contribution in [1.82, 2.24) is 14.5 Å². The fraction of sp³-hybridized carbons (Fsp3) is 0.911. The molecule has 5 fully saturated rings. The predicted molar refractivity (Wildman–Crippen MR) is 218 cm³/mol. The molecule has 302 valence electrons. The minimum Gasteiger partial charge on any atom is -0.466 e. The van der Waals surface area contributed by atoms with Gasteiger partial charge in [-0.15, -0.1) is 0 Å². The number of epoxide rings is 1. The SMILES string of the molecule is CCCCCCCCCCCCCCSCCOC1(CCN(CCCCCCCCOC(=O)CC2(C)C3C(C)C4C5C2C453)CCCn2ccnc2)CO1. The van der Waals surface area contributed by atoms with Crippen LogP contribution in [0.3, 0.4) is 0 Å². The average Bonchev–Trinajstić information content (AvgIpc) is 4.08. The number of hydrogen-bond donors (Lipinski definition) is 0. The molecule has 1 saturated heterocycles. The molecule has 1 aliphatic heterocycles. The van der Waals surface area contributed by atoms with Gasteiger partial charge in [0.15, 0.2) is 5.79 Å². The van der Waals surface area contributed by atoms with Gasteiger partial charge >= 0.3 is 5.97 Å². The number of imidazole rings is 1. The summed E-state index contributed by atoms with van der Waals surface area (Å²) in [6.07, 6.45) is 32.7. The third-order valence-corrected chi connectivity index (χ3v) is 15.4. The Morgan fingerprint density at radius 2 is 1.49 bits per heavy atom. The van der Waals surface area contributed by atoms with E-state index in [9.17, 15) is 4.79 Å². The van der Waals surface area contributed by atoms with Crippen molar-refractivity contribution in [3.63, 3.8) is 0 Å². The van der Waals surface area contributed by atoms with E-state index in [0.717, 1.165) is 106 Å². The Bertz CT molecular complexity index is 1210. The summed E-state index contributed by atoms with van der Waals surface area (Å²) in [4.78, 5) is 19.5. The lowest BCUT2D eigenvalue weighted by atomic mass is 9.38. The second-order valence-electron chi connectivity index (χ2n) is 18.2. The maximum atomic E-state index is 12.6. The lowest BCUT2D eigenvalue weighted by Gasteiger charge is -2.65. The number of hydrogen-bond acceptors (Lipinski definition) is 7. The number of nitrogens with zero attached hydrogens (tertiary/aromatic N) is 3. The fourth-order valence-electron chi connectivity index (χ4n) is 11.7. The Balaban J connectivity index is 0.744. The molecule has 0 radical (unpaired) electrons. The standard InChI is InChI=1S/C45H77N3O4S/c1-4-5-6-7-8-9-10-11-12-15-18-21-32-53-33-31-51-44(35-52-44)23-28-47(26-22-27-48-29-24-46-36-48)25-19-16-13-14-17-20-30-50-38(49)34-43(3)41-37(2)39-40-42(43)45(39,40)41/h24,29,36-37,39-42H,4-23,25-28,30-35H2,1-3H3. The second kappa shape index (κ2) is 20.4. The van der Waals surface area contributed by atoms with Crippen LogP contribution in [0.2, 0.25) is 0 Å². The molecule has 0 N–H and O–H groups in total. The molecular formula is C45H77N3O4S. The molecule has 2 heterocycles.